The van der Waals surface area contributed by atoms with Gasteiger partial charge in [-0.15, -0.1) is 5.10 Å². The maximum atomic E-state index is 12.1. The van der Waals surface area contributed by atoms with Gasteiger partial charge < -0.3 is 4.74 Å². The van der Waals surface area contributed by atoms with Crippen LogP contribution < -0.4 is 5.56 Å². The molecule has 17 heavy (non-hydrogen) atoms. The molecule has 0 radical (unpaired) electrons. The lowest BCUT2D eigenvalue weighted by atomic mass is 10.2. The van der Waals surface area contributed by atoms with Crippen LogP contribution in [0.5, 0.6) is 0 Å². The molecule has 0 saturated carbocycles. The fraction of sp³-hybridized carbons (Fsp3) is 0.417. The summed E-state index contributed by atoms with van der Waals surface area (Å²) in [6.07, 6.45) is 2.14. The third-order valence-corrected chi connectivity index (χ3v) is 3.03. The van der Waals surface area contributed by atoms with Gasteiger partial charge in [-0.05, 0) is 25.0 Å². The highest BCUT2D eigenvalue weighted by Crippen LogP contribution is 2.13. The van der Waals surface area contributed by atoms with Gasteiger partial charge in [0.1, 0.15) is 5.52 Å². The van der Waals surface area contributed by atoms with E-state index in [1.807, 2.05) is 12.1 Å². The second-order valence-corrected chi connectivity index (χ2v) is 4.23. The van der Waals surface area contributed by atoms with E-state index < -0.39 is 0 Å². The highest BCUT2D eigenvalue weighted by Gasteiger charge is 2.17. The van der Waals surface area contributed by atoms with Crippen molar-refractivity contribution in [2.45, 2.75) is 25.5 Å². The van der Waals surface area contributed by atoms with Crippen molar-refractivity contribution in [3.8, 4) is 0 Å². The molecule has 1 atom stereocenters. The molecule has 0 spiro atoms. The van der Waals surface area contributed by atoms with E-state index in [0.717, 1.165) is 19.4 Å². The zero-order valence-electron chi connectivity index (χ0n) is 9.37. The Morgan fingerprint density at radius 3 is 3.12 bits per heavy atom. The van der Waals surface area contributed by atoms with E-state index in [0.29, 0.717) is 17.4 Å². The first-order valence-corrected chi connectivity index (χ1v) is 5.79. The zero-order valence-corrected chi connectivity index (χ0v) is 9.37. The third-order valence-electron chi connectivity index (χ3n) is 3.03. The van der Waals surface area contributed by atoms with Crippen LogP contribution in [0.25, 0.3) is 10.9 Å². The average molecular weight is 231 g/mol. The second-order valence-electron chi connectivity index (χ2n) is 4.23. The molecular weight excluding hydrogens is 218 g/mol. The van der Waals surface area contributed by atoms with E-state index in [1.165, 1.54) is 4.68 Å². The Bertz CT molecular complexity index is 588. The van der Waals surface area contributed by atoms with Crippen molar-refractivity contribution in [2.24, 2.45) is 0 Å². The maximum Gasteiger partial charge on any atom is 0.277 e. The molecular formula is C12H13N3O2. The first-order valence-electron chi connectivity index (χ1n) is 5.79. The monoisotopic (exact) mass is 231 g/mol. The molecule has 0 unspecified atom stereocenters. The molecule has 0 aliphatic carbocycles. The topological polar surface area (TPSA) is 57.0 Å². The van der Waals surface area contributed by atoms with Crippen molar-refractivity contribution in [1.29, 1.82) is 0 Å². The van der Waals surface area contributed by atoms with Gasteiger partial charge in [-0.2, -0.15) is 0 Å². The normalized spacial score (nSPS) is 19.9. The molecule has 0 amide bonds. The Kier molecular flexibility index (Phi) is 2.60. The van der Waals surface area contributed by atoms with Crippen LogP contribution in [0.2, 0.25) is 0 Å². The fourth-order valence-corrected chi connectivity index (χ4v) is 2.12. The van der Waals surface area contributed by atoms with Gasteiger partial charge in [-0.25, -0.2) is 4.68 Å². The van der Waals surface area contributed by atoms with Crippen LogP contribution in [0.4, 0.5) is 0 Å². The Labute approximate surface area is 98.0 Å². The van der Waals surface area contributed by atoms with E-state index in [1.54, 1.807) is 12.1 Å². The number of hydrogen-bond acceptors (Lipinski definition) is 4. The maximum absolute atomic E-state index is 12.1. The van der Waals surface area contributed by atoms with Crippen LogP contribution in [0.1, 0.15) is 12.8 Å². The molecule has 0 N–H and O–H groups in total. The minimum absolute atomic E-state index is 0.0916. The number of ether oxygens (including phenoxy) is 1. The average Bonchev–Trinajstić information content (AvgIpc) is 2.86. The molecule has 5 nitrogen and oxygen atoms in total. The molecule has 3 rings (SSSR count). The molecule has 2 aromatic rings. The lowest BCUT2D eigenvalue weighted by molar-refractivity contribution is 0.0920. The van der Waals surface area contributed by atoms with Gasteiger partial charge in [-0.1, -0.05) is 17.3 Å². The van der Waals surface area contributed by atoms with E-state index in [4.69, 9.17) is 4.74 Å². The van der Waals surface area contributed by atoms with Gasteiger partial charge in [-0.3, -0.25) is 4.79 Å². The Morgan fingerprint density at radius 2 is 2.29 bits per heavy atom. The molecule has 1 aromatic carbocycles. The zero-order chi connectivity index (χ0) is 11.7. The minimum Gasteiger partial charge on any atom is -0.376 e. The van der Waals surface area contributed by atoms with E-state index >= 15 is 0 Å². The molecule has 1 aliphatic heterocycles. The SMILES string of the molecule is O=c1c2ccccc2nnn1C[C@H]1CCCO1. The van der Waals surface area contributed by atoms with Crippen molar-refractivity contribution >= 4 is 10.9 Å². The molecule has 0 bridgehead atoms. The van der Waals surface area contributed by atoms with Crippen molar-refractivity contribution in [1.82, 2.24) is 15.0 Å². The Hall–Kier alpha value is -1.75. The van der Waals surface area contributed by atoms with Gasteiger partial charge in [0.2, 0.25) is 0 Å². The summed E-state index contributed by atoms with van der Waals surface area (Å²) in [4.78, 5) is 12.1. The van der Waals surface area contributed by atoms with E-state index in [2.05, 4.69) is 10.3 Å². The highest BCUT2D eigenvalue weighted by atomic mass is 16.5. The number of hydrogen-bond donors (Lipinski definition) is 0. The predicted molar refractivity (Wildman–Crippen MR) is 62.8 cm³/mol. The van der Waals surface area contributed by atoms with Crippen LogP contribution in [-0.4, -0.2) is 27.7 Å². The molecule has 88 valence electrons. The summed E-state index contributed by atoms with van der Waals surface area (Å²) in [6, 6.07) is 7.25. The summed E-state index contributed by atoms with van der Waals surface area (Å²) in [6.45, 7) is 1.27. The molecule has 5 heteroatoms. The predicted octanol–water partition coefficient (Wildman–Crippen LogP) is 0.970. The lowest BCUT2D eigenvalue weighted by Crippen LogP contribution is -2.29. The van der Waals surface area contributed by atoms with Crippen LogP contribution in [0.3, 0.4) is 0 Å². The summed E-state index contributed by atoms with van der Waals surface area (Å²) in [5, 5.41) is 8.60. The van der Waals surface area contributed by atoms with Gasteiger partial charge >= 0.3 is 0 Å². The first-order chi connectivity index (χ1) is 8.34. The fourth-order valence-electron chi connectivity index (χ4n) is 2.12. The second kappa shape index (κ2) is 4.25. The van der Waals surface area contributed by atoms with Crippen molar-refractivity contribution in [2.75, 3.05) is 6.61 Å². The minimum atomic E-state index is -0.0916. The largest absolute Gasteiger partial charge is 0.376 e. The molecule has 1 fully saturated rings. The number of fused-ring (bicyclic) bond motifs is 1. The molecule has 1 aromatic heterocycles. The van der Waals surface area contributed by atoms with Crippen LogP contribution >= 0.6 is 0 Å². The summed E-state index contributed by atoms with van der Waals surface area (Å²) < 4.78 is 6.90. The van der Waals surface area contributed by atoms with Crippen LogP contribution in [-0.2, 0) is 11.3 Å². The highest BCUT2D eigenvalue weighted by molar-refractivity contribution is 5.76. The van der Waals surface area contributed by atoms with Crippen molar-refractivity contribution in [3.05, 3.63) is 34.6 Å². The lowest BCUT2D eigenvalue weighted by Gasteiger charge is -2.10. The number of aromatic nitrogens is 3. The standard InChI is InChI=1S/C12H13N3O2/c16-12-10-5-1-2-6-11(10)13-14-15(12)8-9-4-3-7-17-9/h1-2,5-6,9H,3-4,7-8H2/t9-/m1/s1. The van der Waals surface area contributed by atoms with Gasteiger partial charge in [0.15, 0.2) is 0 Å². The Balaban J connectivity index is 1.99. The van der Waals surface area contributed by atoms with Crippen molar-refractivity contribution < 1.29 is 4.74 Å². The summed E-state index contributed by atoms with van der Waals surface area (Å²) in [7, 11) is 0. The smallest absolute Gasteiger partial charge is 0.277 e. The number of rotatable bonds is 2. The Morgan fingerprint density at radius 1 is 1.41 bits per heavy atom. The summed E-state index contributed by atoms with van der Waals surface area (Å²) in [5.41, 5.74) is 0.548. The third kappa shape index (κ3) is 1.93. The van der Waals surface area contributed by atoms with Gasteiger partial charge in [0.25, 0.3) is 5.56 Å². The van der Waals surface area contributed by atoms with Gasteiger partial charge in [0, 0.05) is 6.61 Å². The summed E-state index contributed by atoms with van der Waals surface area (Å²) >= 11 is 0. The molecule has 1 aliphatic rings. The quantitative estimate of drug-likeness (QED) is 0.772. The van der Waals surface area contributed by atoms with E-state index in [9.17, 15) is 4.79 Å². The van der Waals surface area contributed by atoms with Crippen molar-refractivity contribution in [3.63, 3.8) is 0 Å². The number of nitrogens with zero attached hydrogens (tertiary/aromatic N) is 3. The van der Waals surface area contributed by atoms with E-state index in [-0.39, 0.29) is 11.7 Å². The molecule has 2 heterocycles. The van der Waals surface area contributed by atoms with Crippen LogP contribution in [0.15, 0.2) is 29.1 Å². The summed E-state index contributed by atoms with van der Waals surface area (Å²) in [5.74, 6) is 0. The van der Waals surface area contributed by atoms with Crippen LogP contribution in [0, 0.1) is 0 Å². The number of benzene rings is 1. The van der Waals surface area contributed by atoms with Gasteiger partial charge in [0.05, 0.1) is 18.0 Å². The molecule has 1 saturated heterocycles. The first kappa shape index (κ1) is 10.4.